The van der Waals surface area contributed by atoms with Crippen LogP contribution in [0.4, 0.5) is 4.39 Å². The summed E-state index contributed by atoms with van der Waals surface area (Å²) in [7, 11) is -3.83. The van der Waals surface area contributed by atoms with Crippen LogP contribution in [0.3, 0.4) is 0 Å². The Hall–Kier alpha value is -1.47. The molecule has 0 amide bonds. The highest BCUT2D eigenvalue weighted by Gasteiger charge is 2.29. The van der Waals surface area contributed by atoms with Crippen molar-refractivity contribution < 1.29 is 12.8 Å². The van der Waals surface area contributed by atoms with E-state index in [-0.39, 0.29) is 4.90 Å². The van der Waals surface area contributed by atoms with Gasteiger partial charge in [-0.15, -0.1) is 0 Å². The second-order valence-corrected chi connectivity index (χ2v) is 8.94. The fraction of sp³-hybridized carbons (Fsp3) is 0.368. The van der Waals surface area contributed by atoms with E-state index in [1.807, 2.05) is 24.3 Å². The van der Waals surface area contributed by atoms with Gasteiger partial charge in [0.1, 0.15) is 10.7 Å². The van der Waals surface area contributed by atoms with Gasteiger partial charge in [-0.2, -0.15) is 4.31 Å². The van der Waals surface area contributed by atoms with Crippen LogP contribution in [-0.2, 0) is 16.6 Å². The molecule has 0 radical (unpaired) electrons. The Labute approximate surface area is 159 Å². The Bertz CT molecular complexity index is 872. The molecule has 0 atom stereocenters. The van der Waals surface area contributed by atoms with Crippen molar-refractivity contribution in [1.82, 2.24) is 9.21 Å². The number of aryl methyl sites for hydroxylation is 1. The Morgan fingerprint density at radius 3 is 2.50 bits per heavy atom. The van der Waals surface area contributed by atoms with Crippen molar-refractivity contribution in [3.05, 3.63) is 64.4 Å². The summed E-state index contributed by atoms with van der Waals surface area (Å²) >= 11 is 5.91. The molecule has 0 aromatic heterocycles. The van der Waals surface area contributed by atoms with E-state index < -0.39 is 15.8 Å². The first-order valence-corrected chi connectivity index (χ1v) is 10.4. The van der Waals surface area contributed by atoms with Gasteiger partial charge in [0.15, 0.2) is 0 Å². The van der Waals surface area contributed by atoms with Gasteiger partial charge >= 0.3 is 0 Å². The number of hydrogen-bond donors (Lipinski definition) is 0. The molecule has 1 heterocycles. The van der Waals surface area contributed by atoms with Crippen molar-refractivity contribution in [1.29, 1.82) is 0 Å². The summed E-state index contributed by atoms with van der Waals surface area (Å²) in [6.07, 6.45) is 0.709. The molecule has 2 aromatic rings. The van der Waals surface area contributed by atoms with Gasteiger partial charge in [0.25, 0.3) is 0 Å². The second kappa shape index (κ2) is 8.05. The fourth-order valence-corrected chi connectivity index (χ4v) is 4.89. The van der Waals surface area contributed by atoms with Gasteiger partial charge in [0, 0.05) is 31.2 Å². The minimum Gasteiger partial charge on any atom is -0.298 e. The van der Waals surface area contributed by atoms with Crippen LogP contribution in [0.15, 0.2) is 47.4 Å². The van der Waals surface area contributed by atoms with E-state index in [4.69, 9.17) is 11.6 Å². The normalized spacial score (nSPS) is 17.2. The minimum atomic E-state index is -3.83. The fourth-order valence-electron chi connectivity index (χ4n) is 3.14. The molecule has 1 aliphatic heterocycles. The van der Waals surface area contributed by atoms with E-state index in [9.17, 15) is 12.8 Å². The maximum atomic E-state index is 14.1. The van der Waals surface area contributed by atoms with E-state index in [0.717, 1.165) is 24.2 Å². The maximum absolute atomic E-state index is 14.1. The lowest BCUT2D eigenvalue weighted by Crippen LogP contribution is -2.35. The molecule has 1 fully saturated rings. The monoisotopic (exact) mass is 396 g/mol. The van der Waals surface area contributed by atoms with Crippen LogP contribution in [-0.4, -0.2) is 43.8 Å². The van der Waals surface area contributed by atoms with Gasteiger partial charge in [-0.25, -0.2) is 12.8 Å². The van der Waals surface area contributed by atoms with Crippen LogP contribution < -0.4 is 0 Å². The highest BCUT2D eigenvalue weighted by Crippen LogP contribution is 2.22. The Morgan fingerprint density at radius 2 is 1.77 bits per heavy atom. The number of hydrogen-bond acceptors (Lipinski definition) is 3. The predicted octanol–water partition coefficient (Wildman–Crippen LogP) is 3.68. The quantitative estimate of drug-likeness (QED) is 0.791. The SMILES string of the molecule is Cc1ccc(F)c(S(=O)(=O)N2CCCN(Cc3ccc(Cl)cc3)CC2)c1. The third-order valence-corrected chi connectivity index (χ3v) is 6.74. The lowest BCUT2D eigenvalue weighted by atomic mass is 10.2. The van der Waals surface area contributed by atoms with E-state index >= 15 is 0 Å². The lowest BCUT2D eigenvalue weighted by Gasteiger charge is -2.22. The van der Waals surface area contributed by atoms with Crippen molar-refractivity contribution in [2.45, 2.75) is 24.8 Å². The summed E-state index contributed by atoms with van der Waals surface area (Å²) in [5, 5.41) is 0.696. The average molecular weight is 397 g/mol. The first kappa shape index (κ1) is 19.3. The predicted molar refractivity (Wildman–Crippen MR) is 101 cm³/mol. The average Bonchev–Trinajstić information content (AvgIpc) is 2.85. The standard InChI is InChI=1S/C19H22ClFN2O2S/c1-15-3-8-18(21)19(13-15)26(24,25)23-10-2-9-22(11-12-23)14-16-4-6-17(20)7-5-16/h3-8,13H,2,9-12,14H2,1H3. The van der Waals surface area contributed by atoms with E-state index in [2.05, 4.69) is 4.90 Å². The number of benzene rings is 2. The van der Waals surface area contributed by atoms with E-state index in [0.29, 0.717) is 31.1 Å². The molecule has 1 aliphatic rings. The first-order chi connectivity index (χ1) is 12.4. The third kappa shape index (κ3) is 4.43. The third-order valence-electron chi connectivity index (χ3n) is 4.57. The van der Waals surface area contributed by atoms with Crippen LogP contribution >= 0.6 is 11.6 Å². The zero-order valence-electron chi connectivity index (χ0n) is 14.7. The van der Waals surface area contributed by atoms with Crippen LogP contribution in [0.25, 0.3) is 0 Å². The molecule has 0 unspecified atom stereocenters. The second-order valence-electron chi connectivity index (χ2n) is 6.59. The zero-order valence-corrected chi connectivity index (χ0v) is 16.2. The molecular formula is C19H22ClFN2O2S. The molecule has 0 aliphatic carbocycles. The molecule has 1 saturated heterocycles. The topological polar surface area (TPSA) is 40.6 Å². The number of rotatable bonds is 4. The van der Waals surface area contributed by atoms with Crippen LogP contribution in [0.1, 0.15) is 17.5 Å². The van der Waals surface area contributed by atoms with Gasteiger partial charge in [-0.1, -0.05) is 29.8 Å². The molecule has 0 N–H and O–H groups in total. The van der Waals surface area contributed by atoms with Crippen molar-refractivity contribution in [3.8, 4) is 0 Å². The highest BCUT2D eigenvalue weighted by molar-refractivity contribution is 7.89. The van der Waals surface area contributed by atoms with Crippen molar-refractivity contribution in [2.24, 2.45) is 0 Å². The lowest BCUT2D eigenvalue weighted by molar-refractivity contribution is 0.278. The van der Waals surface area contributed by atoms with Crippen LogP contribution in [0.5, 0.6) is 0 Å². The van der Waals surface area contributed by atoms with E-state index in [1.165, 1.54) is 16.4 Å². The highest BCUT2D eigenvalue weighted by atomic mass is 35.5. The Kier molecular flexibility index (Phi) is 5.97. The van der Waals surface area contributed by atoms with Crippen molar-refractivity contribution in [2.75, 3.05) is 26.2 Å². The molecule has 0 bridgehead atoms. The van der Waals surface area contributed by atoms with Gasteiger partial charge in [0.2, 0.25) is 10.0 Å². The van der Waals surface area contributed by atoms with Gasteiger partial charge in [-0.3, -0.25) is 4.90 Å². The summed E-state index contributed by atoms with van der Waals surface area (Å²) in [6.45, 7) is 4.65. The van der Waals surface area contributed by atoms with Gasteiger partial charge < -0.3 is 0 Å². The summed E-state index contributed by atoms with van der Waals surface area (Å²) < 4.78 is 41.2. The zero-order chi connectivity index (χ0) is 18.7. The van der Waals surface area contributed by atoms with Gasteiger partial charge in [-0.05, 0) is 55.3 Å². The Morgan fingerprint density at radius 1 is 1.04 bits per heavy atom. The first-order valence-electron chi connectivity index (χ1n) is 8.59. The molecule has 140 valence electrons. The summed E-state index contributed by atoms with van der Waals surface area (Å²) in [5.41, 5.74) is 1.86. The summed E-state index contributed by atoms with van der Waals surface area (Å²) in [5.74, 6) is -0.696. The molecule has 0 spiro atoms. The van der Waals surface area contributed by atoms with Crippen molar-refractivity contribution in [3.63, 3.8) is 0 Å². The molecule has 26 heavy (non-hydrogen) atoms. The molecular weight excluding hydrogens is 375 g/mol. The van der Waals surface area contributed by atoms with Crippen LogP contribution in [0, 0.1) is 12.7 Å². The number of halogens is 2. The van der Waals surface area contributed by atoms with Gasteiger partial charge in [0.05, 0.1) is 0 Å². The minimum absolute atomic E-state index is 0.233. The Balaban J connectivity index is 1.71. The smallest absolute Gasteiger partial charge is 0.246 e. The molecule has 0 saturated carbocycles. The summed E-state index contributed by atoms with van der Waals surface area (Å²) in [6, 6.07) is 11.9. The van der Waals surface area contributed by atoms with Crippen molar-refractivity contribution >= 4 is 21.6 Å². The van der Waals surface area contributed by atoms with E-state index in [1.54, 1.807) is 13.0 Å². The van der Waals surface area contributed by atoms with Crippen LogP contribution in [0.2, 0.25) is 5.02 Å². The molecule has 7 heteroatoms. The number of sulfonamides is 1. The molecule has 4 nitrogen and oxygen atoms in total. The maximum Gasteiger partial charge on any atom is 0.246 e. The molecule has 2 aromatic carbocycles. The molecule has 3 rings (SSSR count). The summed E-state index contributed by atoms with van der Waals surface area (Å²) in [4.78, 5) is 1.98. The largest absolute Gasteiger partial charge is 0.298 e. The number of nitrogens with zero attached hydrogens (tertiary/aromatic N) is 2.